The van der Waals surface area contributed by atoms with E-state index in [1.54, 1.807) is 24.4 Å². The first-order valence-electron chi connectivity index (χ1n) is 7.55. The van der Waals surface area contributed by atoms with Crippen LogP contribution in [0.5, 0.6) is 11.5 Å². The highest BCUT2D eigenvalue weighted by Gasteiger charge is 2.19. The summed E-state index contributed by atoms with van der Waals surface area (Å²) in [7, 11) is 0. The Morgan fingerprint density at radius 2 is 2.20 bits per heavy atom. The lowest BCUT2D eigenvalue weighted by molar-refractivity contribution is 0.0458. The van der Waals surface area contributed by atoms with Crippen LogP contribution in [0.4, 0.5) is 0 Å². The van der Waals surface area contributed by atoms with Gasteiger partial charge in [-0.3, -0.25) is 0 Å². The van der Waals surface area contributed by atoms with Crippen molar-refractivity contribution >= 4 is 23.3 Å². The summed E-state index contributed by atoms with van der Waals surface area (Å²) < 4.78 is 17.7. The number of aromatic nitrogens is 4. The highest BCUT2D eigenvalue weighted by Crippen LogP contribution is 2.38. The number of ether oxygens (including phenoxy) is 3. The minimum Gasteiger partial charge on any atom is -0.486 e. The van der Waals surface area contributed by atoms with Crippen LogP contribution in [-0.2, 0) is 11.3 Å². The largest absolute Gasteiger partial charge is 0.486 e. The average Bonchev–Trinajstić information content (AvgIpc) is 3.06. The summed E-state index contributed by atoms with van der Waals surface area (Å²) in [5.74, 6) is 0.692. The summed E-state index contributed by atoms with van der Waals surface area (Å²) in [5, 5.41) is 4.52. The van der Waals surface area contributed by atoms with Gasteiger partial charge in [0.2, 0.25) is 0 Å². The van der Waals surface area contributed by atoms with Gasteiger partial charge in [0, 0.05) is 11.9 Å². The van der Waals surface area contributed by atoms with Crippen molar-refractivity contribution < 1.29 is 19.0 Å². The molecule has 3 aromatic rings. The maximum absolute atomic E-state index is 12.2. The van der Waals surface area contributed by atoms with E-state index in [4.69, 9.17) is 25.8 Å². The summed E-state index contributed by atoms with van der Waals surface area (Å²) in [6.07, 6.45) is 1.60. The van der Waals surface area contributed by atoms with Gasteiger partial charge in [0.15, 0.2) is 11.5 Å². The summed E-state index contributed by atoms with van der Waals surface area (Å²) in [4.78, 5) is 20.3. The Balaban J connectivity index is 1.51. The number of carbonyl (C=O) groups is 1. The zero-order valence-corrected chi connectivity index (χ0v) is 14.0. The topological polar surface area (TPSA) is 87.8 Å². The van der Waals surface area contributed by atoms with E-state index in [-0.39, 0.29) is 12.4 Å². The number of hydrogen-bond acceptors (Lipinski definition) is 7. The Kier molecular flexibility index (Phi) is 3.89. The summed E-state index contributed by atoms with van der Waals surface area (Å²) in [6, 6.07) is 5.18. The second-order valence-corrected chi connectivity index (χ2v) is 5.82. The van der Waals surface area contributed by atoms with E-state index in [2.05, 4.69) is 15.1 Å². The lowest BCUT2D eigenvalue weighted by Gasteiger charge is -2.20. The van der Waals surface area contributed by atoms with Crippen LogP contribution in [0.1, 0.15) is 21.9 Å². The molecule has 128 valence electrons. The number of aryl methyl sites for hydroxylation is 1. The van der Waals surface area contributed by atoms with Gasteiger partial charge in [-0.15, -0.1) is 5.10 Å². The minimum atomic E-state index is -0.643. The SMILES string of the molecule is Cc1ccnc2nc(C(=O)OCc3cc(Cl)c4c(c3)OCCO4)nn12. The molecule has 3 heterocycles. The van der Waals surface area contributed by atoms with Crippen LogP contribution >= 0.6 is 11.6 Å². The molecule has 0 saturated heterocycles. The number of nitrogens with zero attached hydrogens (tertiary/aromatic N) is 4. The van der Waals surface area contributed by atoms with E-state index >= 15 is 0 Å². The van der Waals surface area contributed by atoms with Gasteiger partial charge in [-0.2, -0.15) is 4.98 Å². The molecule has 0 bridgehead atoms. The van der Waals surface area contributed by atoms with E-state index in [0.29, 0.717) is 41.1 Å². The number of hydrogen-bond donors (Lipinski definition) is 0. The van der Waals surface area contributed by atoms with Crippen molar-refractivity contribution in [3.63, 3.8) is 0 Å². The quantitative estimate of drug-likeness (QED) is 0.661. The molecule has 0 amide bonds. The standard InChI is InChI=1S/C16H13ClN4O4/c1-9-2-3-18-16-19-14(20-21(9)16)15(22)25-8-10-6-11(17)13-12(7-10)23-4-5-24-13/h2-3,6-7H,4-5,8H2,1H3. The van der Waals surface area contributed by atoms with Gasteiger partial charge in [0.25, 0.3) is 11.6 Å². The predicted molar refractivity (Wildman–Crippen MR) is 87.1 cm³/mol. The first-order valence-corrected chi connectivity index (χ1v) is 7.93. The monoisotopic (exact) mass is 360 g/mol. The van der Waals surface area contributed by atoms with Crippen LogP contribution in [0, 0.1) is 6.92 Å². The maximum Gasteiger partial charge on any atom is 0.378 e. The lowest BCUT2D eigenvalue weighted by Crippen LogP contribution is -2.16. The molecule has 1 aliphatic rings. The van der Waals surface area contributed by atoms with Crippen molar-refractivity contribution in [3.8, 4) is 11.5 Å². The molecule has 0 spiro atoms. The van der Waals surface area contributed by atoms with Crippen molar-refractivity contribution in [1.82, 2.24) is 19.6 Å². The fourth-order valence-corrected chi connectivity index (χ4v) is 2.74. The summed E-state index contributed by atoms with van der Waals surface area (Å²) in [6.45, 7) is 2.75. The van der Waals surface area contributed by atoms with Gasteiger partial charge >= 0.3 is 5.97 Å². The van der Waals surface area contributed by atoms with Crippen LogP contribution in [0.15, 0.2) is 24.4 Å². The molecule has 0 atom stereocenters. The Bertz CT molecular complexity index is 972. The van der Waals surface area contributed by atoms with Gasteiger partial charge in [0.1, 0.15) is 19.8 Å². The molecule has 25 heavy (non-hydrogen) atoms. The Labute approximate surface area is 147 Å². The predicted octanol–water partition coefficient (Wildman–Crippen LogP) is 2.21. The molecular weight excluding hydrogens is 348 g/mol. The molecule has 2 aromatic heterocycles. The molecular formula is C16H13ClN4O4. The highest BCUT2D eigenvalue weighted by molar-refractivity contribution is 6.32. The van der Waals surface area contributed by atoms with Gasteiger partial charge in [-0.25, -0.2) is 14.3 Å². The van der Waals surface area contributed by atoms with Crippen LogP contribution in [-0.4, -0.2) is 38.8 Å². The smallest absolute Gasteiger partial charge is 0.378 e. The fourth-order valence-electron chi connectivity index (χ4n) is 2.45. The zero-order chi connectivity index (χ0) is 17.4. The number of rotatable bonds is 3. The van der Waals surface area contributed by atoms with Crippen LogP contribution in [0.2, 0.25) is 5.02 Å². The van der Waals surface area contributed by atoms with E-state index in [0.717, 1.165) is 5.69 Å². The second-order valence-electron chi connectivity index (χ2n) is 5.41. The summed E-state index contributed by atoms with van der Waals surface area (Å²) in [5.41, 5.74) is 1.50. The lowest BCUT2D eigenvalue weighted by atomic mass is 10.2. The molecule has 0 N–H and O–H groups in total. The van der Waals surface area contributed by atoms with E-state index in [9.17, 15) is 4.79 Å². The molecule has 9 heteroatoms. The zero-order valence-electron chi connectivity index (χ0n) is 13.2. The van der Waals surface area contributed by atoms with E-state index in [1.165, 1.54) is 4.52 Å². The summed E-state index contributed by atoms with van der Waals surface area (Å²) >= 11 is 6.17. The van der Waals surface area contributed by atoms with Gasteiger partial charge < -0.3 is 14.2 Å². The van der Waals surface area contributed by atoms with Crippen LogP contribution < -0.4 is 9.47 Å². The molecule has 1 aliphatic heterocycles. The maximum atomic E-state index is 12.2. The molecule has 1 aromatic carbocycles. The van der Waals surface area contributed by atoms with E-state index < -0.39 is 5.97 Å². The minimum absolute atomic E-state index is 0.0111. The van der Waals surface area contributed by atoms with Crippen LogP contribution in [0.3, 0.4) is 0 Å². The third-order valence-electron chi connectivity index (χ3n) is 3.64. The van der Waals surface area contributed by atoms with Crippen molar-refractivity contribution in [2.24, 2.45) is 0 Å². The highest BCUT2D eigenvalue weighted by atomic mass is 35.5. The van der Waals surface area contributed by atoms with Crippen molar-refractivity contribution in [2.75, 3.05) is 13.2 Å². The van der Waals surface area contributed by atoms with Crippen LogP contribution in [0.25, 0.3) is 5.78 Å². The van der Waals surface area contributed by atoms with E-state index in [1.807, 2.05) is 6.92 Å². The molecule has 4 rings (SSSR count). The second kappa shape index (κ2) is 6.21. The average molecular weight is 361 g/mol. The number of halogens is 1. The third-order valence-corrected chi connectivity index (χ3v) is 3.92. The van der Waals surface area contributed by atoms with Gasteiger partial charge in [0.05, 0.1) is 5.02 Å². The third kappa shape index (κ3) is 2.96. The Hall–Kier alpha value is -2.87. The normalized spacial score (nSPS) is 13.0. The fraction of sp³-hybridized carbons (Fsp3) is 0.250. The molecule has 0 aliphatic carbocycles. The van der Waals surface area contributed by atoms with Crippen molar-refractivity contribution in [2.45, 2.75) is 13.5 Å². The van der Waals surface area contributed by atoms with Gasteiger partial charge in [-0.1, -0.05) is 11.6 Å². The Morgan fingerprint density at radius 1 is 1.36 bits per heavy atom. The molecule has 0 saturated carbocycles. The number of benzene rings is 1. The number of esters is 1. The van der Waals surface area contributed by atoms with Crippen molar-refractivity contribution in [1.29, 1.82) is 0 Å². The Morgan fingerprint density at radius 3 is 3.04 bits per heavy atom. The number of fused-ring (bicyclic) bond motifs is 2. The number of carbonyl (C=O) groups excluding carboxylic acids is 1. The van der Waals surface area contributed by atoms with Gasteiger partial charge in [-0.05, 0) is 30.7 Å². The molecule has 8 nitrogen and oxygen atoms in total. The molecule has 0 fully saturated rings. The first-order chi connectivity index (χ1) is 12.1. The molecule has 0 unspecified atom stereocenters. The molecule has 0 radical (unpaired) electrons. The van der Waals surface area contributed by atoms with Crippen molar-refractivity contribution in [3.05, 3.63) is 46.5 Å². The first kappa shape index (κ1) is 15.6.